The first-order chi connectivity index (χ1) is 15.1. The molecule has 1 atom stereocenters. The molecule has 0 spiro atoms. The van der Waals surface area contributed by atoms with E-state index >= 15 is 0 Å². The molecule has 1 amide bonds. The number of carbonyl (C=O) groups is 2. The molecule has 1 aromatic heterocycles. The van der Waals surface area contributed by atoms with E-state index in [2.05, 4.69) is 26.3 Å². The molecule has 3 aliphatic rings. The highest BCUT2D eigenvalue weighted by Crippen LogP contribution is 2.28. The van der Waals surface area contributed by atoms with Gasteiger partial charge in [-0.05, 0) is 57.8 Å². The number of esters is 1. The van der Waals surface area contributed by atoms with Crippen LogP contribution in [-0.4, -0.2) is 65.6 Å². The molecule has 1 aromatic rings. The van der Waals surface area contributed by atoms with Gasteiger partial charge in [-0.1, -0.05) is 0 Å². The van der Waals surface area contributed by atoms with Crippen molar-refractivity contribution in [3.05, 3.63) is 12.4 Å². The van der Waals surface area contributed by atoms with Crippen molar-refractivity contribution in [2.75, 3.05) is 43.0 Å². The lowest BCUT2D eigenvalue weighted by atomic mass is 9.92. The molecule has 1 aliphatic carbocycles. The van der Waals surface area contributed by atoms with E-state index < -0.39 is 0 Å². The Morgan fingerprint density at radius 2 is 1.94 bits per heavy atom. The van der Waals surface area contributed by atoms with Crippen LogP contribution in [0.1, 0.15) is 58.3 Å². The summed E-state index contributed by atoms with van der Waals surface area (Å²) in [5.41, 5.74) is 0. The van der Waals surface area contributed by atoms with Gasteiger partial charge in [0.15, 0.2) is 0 Å². The van der Waals surface area contributed by atoms with Gasteiger partial charge in [0.1, 0.15) is 18.0 Å². The highest BCUT2D eigenvalue weighted by atomic mass is 16.5. The van der Waals surface area contributed by atoms with Crippen molar-refractivity contribution in [1.29, 1.82) is 0 Å². The Bertz CT molecular complexity index is 761. The van der Waals surface area contributed by atoms with Crippen molar-refractivity contribution in [1.82, 2.24) is 14.9 Å². The first kappa shape index (κ1) is 21.8. The number of nitrogens with one attached hydrogen (secondary N) is 1. The number of nitrogens with zero attached hydrogens (tertiary/aromatic N) is 4. The molecule has 0 bridgehead atoms. The lowest BCUT2D eigenvalue weighted by molar-refractivity contribution is -0.151. The number of likely N-dealkylation sites (tertiary alicyclic amines) is 1. The number of aromatic nitrogens is 2. The number of ether oxygens (including phenoxy) is 1. The van der Waals surface area contributed by atoms with E-state index in [-0.39, 0.29) is 17.8 Å². The Hall–Kier alpha value is -2.38. The van der Waals surface area contributed by atoms with Crippen molar-refractivity contribution in [3.63, 3.8) is 0 Å². The molecule has 2 saturated heterocycles. The van der Waals surface area contributed by atoms with Crippen LogP contribution in [0.25, 0.3) is 0 Å². The topological polar surface area (TPSA) is 87.7 Å². The summed E-state index contributed by atoms with van der Waals surface area (Å²) in [6.07, 6.45) is 9.30. The fraction of sp³-hybridized carbons (Fsp3) is 0.739. The fourth-order valence-electron chi connectivity index (χ4n) is 4.65. The summed E-state index contributed by atoms with van der Waals surface area (Å²) in [4.78, 5) is 37.7. The molecule has 0 radical (unpaired) electrons. The molecule has 8 heteroatoms. The summed E-state index contributed by atoms with van der Waals surface area (Å²) in [5, 5.41) is 3.44. The van der Waals surface area contributed by atoms with Gasteiger partial charge >= 0.3 is 5.97 Å². The van der Waals surface area contributed by atoms with Gasteiger partial charge in [-0.25, -0.2) is 9.97 Å². The molecule has 2 aliphatic heterocycles. The maximum atomic E-state index is 12.7. The van der Waals surface area contributed by atoms with Crippen molar-refractivity contribution >= 4 is 23.5 Å². The summed E-state index contributed by atoms with van der Waals surface area (Å²) in [5.74, 6) is 2.45. The van der Waals surface area contributed by atoms with Gasteiger partial charge in [0.25, 0.3) is 0 Å². The molecule has 8 nitrogen and oxygen atoms in total. The highest BCUT2D eigenvalue weighted by Gasteiger charge is 2.29. The number of anilines is 2. The normalized spacial score (nSPS) is 22.3. The van der Waals surface area contributed by atoms with Gasteiger partial charge in [0.05, 0.1) is 12.5 Å². The van der Waals surface area contributed by atoms with E-state index in [0.29, 0.717) is 50.9 Å². The minimum Gasteiger partial charge on any atom is -0.466 e. The quantitative estimate of drug-likeness (QED) is 0.636. The molecule has 0 unspecified atom stereocenters. The third-order valence-corrected chi connectivity index (χ3v) is 6.66. The summed E-state index contributed by atoms with van der Waals surface area (Å²) >= 11 is 0. The molecule has 170 valence electrons. The van der Waals surface area contributed by atoms with Gasteiger partial charge in [0.2, 0.25) is 5.91 Å². The Morgan fingerprint density at radius 1 is 1.13 bits per heavy atom. The van der Waals surface area contributed by atoms with Gasteiger partial charge in [0, 0.05) is 44.7 Å². The lowest BCUT2D eigenvalue weighted by Crippen LogP contribution is -2.41. The Labute approximate surface area is 184 Å². The van der Waals surface area contributed by atoms with Crippen LogP contribution in [0.15, 0.2) is 12.4 Å². The zero-order valence-electron chi connectivity index (χ0n) is 18.6. The largest absolute Gasteiger partial charge is 0.466 e. The van der Waals surface area contributed by atoms with Crippen LogP contribution in [0.3, 0.4) is 0 Å². The Morgan fingerprint density at radius 3 is 2.68 bits per heavy atom. The zero-order chi connectivity index (χ0) is 21.6. The van der Waals surface area contributed by atoms with E-state index in [4.69, 9.17) is 4.74 Å². The molecule has 31 heavy (non-hydrogen) atoms. The minimum atomic E-state index is -0.114. The number of rotatable bonds is 8. The smallest absolute Gasteiger partial charge is 0.309 e. The maximum absolute atomic E-state index is 12.7. The molecule has 3 fully saturated rings. The third-order valence-electron chi connectivity index (χ3n) is 6.66. The average Bonchev–Trinajstić information content (AvgIpc) is 3.62. The first-order valence-electron chi connectivity index (χ1n) is 11.9. The predicted molar refractivity (Wildman–Crippen MR) is 119 cm³/mol. The first-order valence-corrected chi connectivity index (χ1v) is 11.9. The second-order valence-corrected chi connectivity index (χ2v) is 9.08. The molecule has 0 aromatic carbocycles. The summed E-state index contributed by atoms with van der Waals surface area (Å²) < 4.78 is 5.12. The molecule has 3 heterocycles. The highest BCUT2D eigenvalue weighted by molar-refractivity contribution is 5.77. The van der Waals surface area contributed by atoms with Crippen molar-refractivity contribution in [2.45, 2.75) is 64.3 Å². The predicted octanol–water partition coefficient (Wildman–Crippen LogP) is 2.85. The summed E-state index contributed by atoms with van der Waals surface area (Å²) in [7, 11) is 0. The van der Waals surface area contributed by atoms with Crippen LogP contribution in [0.5, 0.6) is 0 Å². The standard InChI is InChI=1S/C23H35N5O3/c1-2-31-23(30)18-9-12-27(13-10-18)22(29)8-5-17-4-3-11-28(15-17)21-14-20(24-16-25-21)26-19-6-7-19/h14,16-19H,2-13,15H2,1H3,(H,24,25,26)/t17-/m0/s1. The van der Waals surface area contributed by atoms with Crippen LogP contribution in [-0.2, 0) is 14.3 Å². The van der Waals surface area contributed by atoms with Crippen molar-refractivity contribution < 1.29 is 14.3 Å². The van der Waals surface area contributed by atoms with Crippen LogP contribution in [0, 0.1) is 11.8 Å². The molecule has 1 N–H and O–H groups in total. The van der Waals surface area contributed by atoms with Crippen LogP contribution < -0.4 is 10.2 Å². The van der Waals surface area contributed by atoms with Crippen molar-refractivity contribution in [2.24, 2.45) is 11.8 Å². The van der Waals surface area contributed by atoms with Crippen LogP contribution >= 0.6 is 0 Å². The van der Waals surface area contributed by atoms with Crippen LogP contribution in [0.2, 0.25) is 0 Å². The SMILES string of the molecule is CCOC(=O)C1CCN(C(=O)CC[C@@H]2CCCN(c3cc(NC4CC4)ncn3)C2)CC1. The minimum absolute atomic E-state index is 0.0527. The van der Waals surface area contributed by atoms with Gasteiger partial charge in [-0.3, -0.25) is 9.59 Å². The van der Waals surface area contributed by atoms with Gasteiger partial charge in [-0.2, -0.15) is 0 Å². The van der Waals surface area contributed by atoms with Gasteiger partial charge < -0.3 is 19.9 Å². The fourth-order valence-corrected chi connectivity index (χ4v) is 4.65. The summed E-state index contributed by atoms with van der Waals surface area (Å²) in [6, 6.07) is 2.63. The zero-order valence-corrected chi connectivity index (χ0v) is 18.6. The van der Waals surface area contributed by atoms with E-state index in [1.807, 2.05) is 11.8 Å². The van der Waals surface area contributed by atoms with E-state index in [1.165, 1.54) is 12.8 Å². The average molecular weight is 430 g/mol. The maximum Gasteiger partial charge on any atom is 0.309 e. The molecule has 1 saturated carbocycles. The van der Waals surface area contributed by atoms with E-state index in [1.54, 1.807) is 6.33 Å². The lowest BCUT2D eigenvalue weighted by Gasteiger charge is -2.34. The Balaban J connectivity index is 1.22. The molecule has 4 rings (SSSR count). The number of piperidine rings is 2. The summed E-state index contributed by atoms with van der Waals surface area (Å²) in [6.45, 7) is 5.53. The molecular weight excluding hydrogens is 394 g/mol. The second-order valence-electron chi connectivity index (χ2n) is 9.08. The van der Waals surface area contributed by atoms with Gasteiger partial charge in [-0.15, -0.1) is 0 Å². The number of hydrogen-bond acceptors (Lipinski definition) is 7. The Kier molecular flexibility index (Phi) is 7.25. The molecular formula is C23H35N5O3. The number of amides is 1. The monoisotopic (exact) mass is 429 g/mol. The van der Waals surface area contributed by atoms with Crippen LogP contribution in [0.4, 0.5) is 11.6 Å². The van der Waals surface area contributed by atoms with Crippen molar-refractivity contribution in [3.8, 4) is 0 Å². The number of carbonyl (C=O) groups excluding carboxylic acids is 2. The van der Waals surface area contributed by atoms with E-state index in [0.717, 1.165) is 44.0 Å². The third kappa shape index (κ3) is 6.08. The van der Waals surface area contributed by atoms with E-state index in [9.17, 15) is 9.59 Å². The second kappa shape index (κ2) is 10.3. The number of hydrogen-bond donors (Lipinski definition) is 1.